The predicted molar refractivity (Wildman–Crippen MR) is 41.3 cm³/mol. The summed E-state index contributed by atoms with van der Waals surface area (Å²) >= 11 is 0. The van der Waals surface area contributed by atoms with Crippen LogP contribution in [0, 0.1) is 5.92 Å². The van der Waals surface area contributed by atoms with Crippen molar-refractivity contribution in [3.05, 3.63) is 11.9 Å². The van der Waals surface area contributed by atoms with Gasteiger partial charge in [0.15, 0.2) is 0 Å². The summed E-state index contributed by atoms with van der Waals surface area (Å²) in [5, 5.41) is 0. The minimum Gasteiger partial charge on any atom is -0.401 e. The van der Waals surface area contributed by atoms with Crippen LogP contribution in [0.5, 0.6) is 0 Å². The van der Waals surface area contributed by atoms with Crippen molar-refractivity contribution in [2.45, 2.75) is 20.8 Å². The fraction of sp³-hybridized carbons (Fsp3) is 0.571. The molecule has 0 atom stereocenters. The van der Waals surface area contributed by atoms with Gasteiger partial charge in [0.25, 0.3) is 0 Å². The minimum absolute atomic E-state index is 0.501. The van der Waals surface area contributed by atoms with Crippen molar-refractivity contribution in [3.63, 3.8) is 0 Å². The maximum absolute atomic E-state index is 5.33. The summed E-state index contributed by atoms with van der Waals surface area (Å²) in [4.78, 5) is 3.96. The van der Waals surface area contributed by atoms with Crippen molar-refractivity contribution in [1.29, 1.82) is 0 Å². The van der Waals surface area contributed by atoms with Gasteiger partial charge in [0.2, 0.25) is 0 Å². The number of rotatable bonds is 2. The maximum Gasteiger partial charge on any atom is 0.0448 e. The average Bonchev–Trinajstić information content (AvgIpc) is 1.63. The number of aliphatic imine (C=N–C) groups is 1. The van der Waals surface area contributed by atoms with E-state index in [-0.39, 0.29) is 0 Å². The van der Waals surface area contributed by atoms with Gasteiger partial charge < -0.3 is 5.73 Å². The monoisotopic (exact) mass is 126 g/mol. The van der Waals surface area contributed by atoms with Crippen molar-refractivity contribution in [2.75, 3.05) is 0 Å². The Hall–Kier alpha value is -0.790. The van der Waals surface area contributed by atoms with Gasteiger partial charge in [-0.1, -0.05) is 13.8 Å². The Morgan fingerprint density at radius 3 is 2.44 bits per heavy atom. The van der Waals surface area contributed by atoms with Crippen molar-refractivity contribution in [1.82, 2.24) is 0 Å². The van der Waals surface area contributed by atoms with E-state index < -0.39 is 0 Å². The standard InChI is InChI=1S/C7H14N2/c1-6(2)4-9-5-7(3)8/h4-6H,8H2,1-3H3/b7-5-,9-4?. The highest BCUT2D eigenvalue weighted by Crippen LogP contribution is 1.86. The molecule has 0 aromatic heterocycles. The molecule has 0 amide bonds. The summed E-state index contributed by atoms with van der Waals surface area (Å²) in [7, 11) is 0. The molecule has 2 heteroatoms. The molecule has 0 rings (SSSR count). The van der Waals surface area contributed by atoms with Crippen LogP contribution >= 0.6 is 0 Å². The van der Waals surface area contributed by atoms with Gasteiger partial charge in [-0.3, -0.25) is 4.99 Å². The lowest BCUT2D eigenvalue weighted by molar-refractivity contribution is 0.906. The fourth-order valence-corrected chi connectivity index (χ4v) is 0.333. The topological polar surface area (TPSA) is 38.4 Å². The molecule has 2 N–H and O–H groups in total. The first kappa shape index (κ1) is 8.21. The molecular weight excluding hydrogens is 112 g/mol. The van der Waals surface area contributed by atoms with Crippen molar-refractivity contribution in [2.24, 2.45) is 16.6 Å². The molecule has 0 aliphatic rings. The highest BCUT2D eigenvalue weighted by Gasteiger charge is 1.80. The molecule has 0 aliphatic carbocycles. The lowest BCUT2D eigenvalue weighted by Gasteiger charge is -1.89. The Kier molecular flexibility index (Phi) is 3.76. The van der Waals surface area contributed by atoms with Gasteiger partial charge in [-0.2, -0.15) is 0 Å². The molecular formula is C7H14N2. The maximum atomic E-state index is 5.33. The third kappa shape index (κ3) is 7.21. The smallest absolute Gasteiger partial charge is 0.0448 e. The summed E-state index contributed by atoms with van der Waals surface area (Å²) in [5.41, 5.74) is 6.07. The second kappa shape index (κ2) is 4.13. The zero-order valence-electron chi connectivity index (χ0n) is 6.26. The zero-order valence-corrected chi connectivity index (χ0v) is 6.26. The molecule has 0 fully saturated rings. The lowest BCUT2D eigenvalue weighted by Crippen LogP contribution is -1.90. The molecule has 0 aromatic carbocycles. The Labute approximate surface area is 56.5 Å². The summed E-state index contributed by atoms with van der Waals surface area (Å²) in [5.74, 6) is 0.501. The molecule has 0 heterocycles. The third-order valence-electron chi connectivity index (χ3n) is 0.662. The van der Waals surface area contributed by atoms with Crippen LogP contribution in [0.2, 0.25) is 0 Å². The first-order valence-corrected chi connectivity index (χ1v) is 3.08. The summed E-state index contributed by atoms with van der Waals surface area (Å²) in [6.45, 7) is 5.96. The van der Waals surface area contributed by atoms with E-state index in [0.29, 0.717) is 5.92 Å². The van der Waals surface area contributed by atoms with Gasteiger partial charge in [0.1, 0.15) is 0 Å². The molecule has 2 nitrogen and oxygen atoms in total. The molecule has 9 heavy (non-hydrogen) atoms. The molecule has 0 radical (unpaired) electrons. The normalized spacial score (nSPS) is 13.6. The molecule has 0 saturated carbocycles. The third-order valence-corrected chi connectivity index (χ3v) is 0.662. The van der Waals surface area contributed by atoms with Gasteiger partial charge >= 0.3 is 0 Å². The Morgan fingerprint density at radius 1 is 1.56 bits per heavy atom. The predicted octanol–water partition coefficient (Wildman–Crippen LogP) is 1.53. The van der Waals surface area contributed by atoms with E-state index in [1.54, 1.807) is 6.20 Å². The van der Waals surface area contributed by atoms with Gasteiger partial charge in [-0.25, -0.2) is 0 Å². The van der Waals surface area contributed by atoms with E-state index in [0.717, 1.165) is 5.70 Å². The van der Waals surface area contributed by atoms with Crippen molar-refractivity contribution >= 4 is 6.21 Å². The fourth-order valence-electron chi connectivity index (χ4n) is 0.333. The summed E-state index contributed by atoms with van der Waals surface area (Å²) in [6.07, 6.45) is 3.51. The van der Waals surface area contributed by atoms with Gasteiger partial charge in [-0.15, -0.1) is 0 Å². The second-order valence-corrected chi connectivity index (χ2v) is 2.42. The van der Waals surface area contributed by atoms with Crippen LogP contribution in [0.4, 0.5) is 0 Å². The summed E-state index contributed by atoms with van der Waals surface area (Å²) in [6, 6.07) is 0. The average molecular weight is 126 g/mol. The van der Waals surface area contributed by atoms with E-state index in [4.69, 9.17) is 5.73 Å². The number of nitrogens with zero attached hydrogens (tertiary/aromatic N) is 1. The first-order chi connectivity index (χ1) is 4.13. The van der Waals surface area contributed by atoms with E-state index in [1.807, 2.05) is 13.1 Å². The van der Waals surface area contributed by atoms with E-state index in [9.17, 15) is 0 Å². The first-order valence-electron chi connectivity index (χ1n) is 3.08. The van der Waals surface area contributed by atoms with Crippen LogP contribution < -0.4 is 5.73 Å². The SMILES string of the molecule is C/C(N)=C/N=CC(C)C. The number of nitrogens with two attached hydrogens (primary N) is 1. The van der Waals surface area contributed by atoms with Crippen molar-refractivity contribution in [3.8, 4) is 0 Å². The van der Waals surface area contributed by atoms with Gasteiger partial charge in [0, 0.05) is 18.1 Å². The molecule has 0 aromatic rings. The number of hydrogen-bond acceptors (Lipinski definition) is 2. The molecule has 0 unspecified atom stereocenters. The number of hydrogen-bond donors (Lipinski definition) is 1. The molecule has 0 bridgehead atoms. The zero-order chi connectivity index (χ0) is 7.28. The van der Waals surface area contributed by atoms with Gasteiger partial charge in [-0.05, 0) is 12.8 Å². The van der Waals surface area contributed by atoms with Crippen molar-refractivity contribution < 1.29 is 0 Å². The molecule has 0 saturated heterocycles. The number of allylic oxidation sites excluding steroid dienone is 1. The highest BCUT2D eigenvalue weighted by molar-refractivity contribution is 5.60. The minimum atomic E-state index is 0.501. The lowest BCUT2D eigenvalue weighted by atomic mass is 10.2. The van der Waals surface area contributed by atoms with Crippen LogP contribution in [-0.4, -0.2) is 6.21 Å². The van der Waals surface area contributed by atoms with E-state index in [2.05, 4.69) is 18.8 Å². The quantitative estimate of drug-likeness (QED) is 0.560. The second-order valence-electron chi connectivity index (χ2n) is 2.42. The molecule has 52 valence electrons. The Balaban J connectivity index is 3.60. The molecule has 0 aliphatic heterocycles. The highest BCUT2D eigenvalue weighted by atomic mass is 14.7. The van der Waals surface area contributed by atoms with Crippen LogP contribution in [0.15, 0.2) is 16.9 Å². The van der Waals surface area contributed by atoms with Crippen LogP contribution in [-0.2, 0) is 0 Å². The van der Waals surface area contributed by atoms with Crippen LogP contribution in [0.25, 0.3) is 0 Å². The van der Waals surface area contributed by atoms with E-state index >= 15 is 0 Å². The van der Waals surface area contributed by atoms with E-state index in [1.165, 1.54) is 0 Å². The van der Waals surface area contributed by atoms with Gasteiger partial charge in [0.05, 0.1) is 0 Å². The molecule has 0 spiro atoms. The Bertz CT molecular complexity index is 119. The largest absolute Gasteiger partial charge is 0.401 e. The summed E-state index contributed by atoms with van der Waals surface area (Å²) < 4.78 is 0. The van der Waals surface area contributed by atoms with Crippen LogP contribution in [0.1, 0.15) is 20.8 Å². The van der Waals surface area contributed by atoms with Crippen LogP contribution in [0.3, 0.4) is 0 Å². The Morgan fingerprint density at radius 2 is 2.11 bits per heavy atom.